The third-order valence-corrected chi connectivity index (χ3v) is 5.47. The van der Waals surface area contributed by atoms with Crippen molar-refractivity contribution in [2.45, 2.75) is 45.1 Å². The van der Waals surface area contributed by atoms with Gasteiger partial charge in [0.15, 0.2) is 0 Å². The minimum atomic E-state index is 0.0376. The van der Waals surface area contributed by atoms with Crippen LogP contribution in [-0.2, 0) is 4.79 Å². The van der Waals surface area contributed by atoms with Crippen LogP contribution in [0, 0.1) is 12.8 Å². The molecule has 2 amide bonds. The van der Waals surface area contributed by atoms with Gasteiger partial charge in [-0.3, -0.25) is 9.59 Å². The Hall–Kier alpha value is -2.63. The first-order valence-corrected chi connectivity index (χ1v) is 9.80. The number of benzene rings is 1. The number of rotatable bonds is 5. The van der Waals surface area contributed by atoms with E-state index in [9.17, 15) is 9.59 Å². The minimum Gasteiger partial charge on any atom is -0.353 e. The van der Waals surface area contributed by atoms with Crippen LogP contribution in [0.4, 0.5) is 0 Å². The zero-order valence-corrected chi connectivity index (χ0v) is 15.7. The van der Waals surface area contributed by atoms with Crippen molar-refractivity contribution in [1.29, 1.82) is 0 Å². The van der Waals surface area contributed by atoms with Crippen LogP contribution in [-0.4, -0.2) is 45.6 Å². The number of nitrogens with zero attached hydrogens (tertiary/aromatic N) is 3. The predicted octanol–water partition coefficient (Wildman–Crippen LogP) is 2.70. The fraction of sp³-hybridized carbons (Fsp3) is 0.476. The summed E-state index contributed by atoms with van der Waals surface area (Å²) < 4.78 is 1.76. The first-order valence-electron chi connectivity index (χ1n) is 9.80. The Labute approximate surface area is 159 Å². The van der Waals surface area contributed by atoms with Gasteiger partial charge in [0.05, 0.1) is 16.9 Å². The number of carbonyl (C=O) groups is 2. The van der Waals surface area contributed by atoms with Crippen LogP contribution < -0.4 is 5.32 Å². The number of aryl methyl sites for hydroxylation is 1. The van der Waals surface area contributed by atoms with Gasteiger partial charge in [-0.2, -0.15) is 5.10 Å². The number of para-hydroxylation sites is 1. The monoisotopic (exact) mass is 366 g/mol. The molecule has 2 aliphatic rings. The number of nitrogens with one attached hydrogen (secondary N) is 1. The van der Waals surface area contributed by atoms with Gasteiger partial charge in [-0.15, -0.1) is 0 Å². The summed E-state index contributed by atoms with van der Waals surface area (Å²) in [5.74, 6) is 0.582. The summed E-state index contributed by atoms with van der Waals surface area (Å²) in [6, 6.07) is 10.2. The highest BCUT2D eigenvalue weighted by Crippen LogP contribution is 2.24. The number of hydrogen-bond donors (Lipinski definition) is 1. The molecule has 0 radical (unpaired) electrons. The van der Waals surface area contributed by atoms with Crippen molar-refractivity contribution < 1.29 is 9.59 Å². The van der Waals surface area contributed by atoms with E-state index in [2.05, 4.69) is 10.4 Å². The molecule has 1 saturated carbocycles. The highest BCUT2D eigenvalue weighted by Gasteiger charge is 2.29. The topological polar surface area (TPSA) is 67.2 Å². The third kappa shape index (κ3) is 4.21. The van der Waals surface area contributed by atoms with Crippen LogP contribution in [0.2, 0.25) is 0 Å². The van der Waals surface area contributed by atoms with Gasteiger partial charge < -0.3 is 10.2 Å². The number of carbonyl (C=O) groups excluding carboxylic acids is 2. The standard InChI is InChI=1S/C21H26N4O2/c1-15-19(14-25(23-15)18-5-3-2-4-6-18)21(27)24-11-9-16(10-12-24)13-20(26)22-17-7-8-17/h2-6,14,16-17H,7-13H2,1H3,(H,22,26). The summed E-state index contributed by atoms with van der Waals surface area (Å²) in [5.41, 5.74) is 2.35. The summed E-state index contributed by atoms with van der Waals surface area (Å²) in [5, 5.41) is 7.56. The van der Waals surface area contributed by atoms with Gasteiger partial charge in [-0.05, 0) is 50.7 Å². The second-order valence-corrected chi connectivity index (χ2v) is 7.69. The van der Waals surface area contributed by atoms with Crippen molar-refractivity contribution in [2.24, 2.45) is 5.92 Å². The van der Waals surface area contributed by atoms with Crippen LogP contribution in [0.15, 0.2) is 36.5 Å². The molecule has 4 rings (SSSR count). The maximum atomic E-state index is 12.9. The summed E-state index contributed by atoms with van der Waals surface area (Å²) in [4.78, 5) is 26.8. The average Bonchev–Trinajstić information content (AvgIpc) is 3.41. The summed E-state index contributed by atoms with van der Waals surface area (Å²) >= 11 is 0. The Kier molecular flexibility index (Phi) is 4.97. The lowest BCUT2D eigenvalue weighted by Crippen LogP contribution is -2.40. The van der Waals surface area contributed by atoms with Gasteiger partial charge in [-0.1, -0.05) is 18.2 Å². The highest BCUT2D eigenvalue weighted by molar-refractivity contribution is 5.95. The van der Waals surface area contributed by atoms with Crippen LogP contribution >= 0.6 is 0 Å². The molecular formula is C21H26N4O2. The molecule has 0 bridgehead atoms. The number of amides is 2. The van der Waals surface area contributed by atoms with Crippen molar-refractivity contribution in [2.75, 3.05) is 13.1 Å². The predicted molar refractivity (Wildman–Crippen MR) is 103 cm³/mol. The van der Waals surface area contributed by atoms with Gasteiger partial charge in [0, 0.05) is 31.7 Å². The van der Waals surface area contributed by atoms with E-state index in [4.69, 9.17) is 0 Å². The van der Waals surface area contributed by atoms with Crippen molar-refractivity contribution in [3.63, 3.8) is 0 Å². The molecule has 142 valence electrons. The third-order valence-electron chi connectivity index (χ3n) is 5.47. The van der Waals surface area contributed by atoms with E-state index in [-0.39, 0.29) is 11.8 Å². The molecule has 1 aromatic carbocycles. The van der Waals surface area contributed by atoms with Crippen molar-refractivity contribution >= 4 is 11.8 Å². The zero-order chi connectivity index (χ0) is 18.8. The molecule has 27 heavy (non-hydrogen) atoms. The molecule has 1 N–H and O–H groups in total. The second-order valence-electron chi connectivity index (χ2n) is 7.69. The summed E-state index contributed by atoms with van der Waals surface area (Å²) in [7, 11) is 0. The van der Waals surface area contributed by atoms with Crippen molar-refractivity contribution in [3.8, 4) is 5.69 Å². The van der Waals surface area contributed by atoms with Gasteiger partial charge in [-0.25, -0.2) is 4.68 Å². The summed E-state index contributed by atoms with van der Waals surface area (Å²) in [6.45, 7) is 3.29. The molecule has 0 atom stereocenters. The van der Waals surface area contributed by atoms with Crippen LogP contribution in [0.3, 0.4) is 0 Å². The Balaban J connectivity index is 1.35. The maximum absolute atomic E-state index is 12.9. The van der Waals surface area contributed by atoms with Crippen molar-refractivity contribution in [3.05, 3.63) is 47.8 Å². The fourth-order valence-corrected chi connectivity index (χ4v) is 3.67. The molecule has 1 saturated heterocycles. The quantitative estimate of drug-likeness (QED) is 0.885. The number of aromatic nitrogens is 2. The second kappa shape index (κ2) is 7.55. The largest absolute Gasteiger partial charge is 0.353 e. The van der Waals surface area contributed by atoms with Gasteiger partial charge >= 0.3 is 0 Å². The van der Waals surface area contributed by atoms with E-state index >= 15 is 0 Å². The molecular weight excluding hydrogens is 340 g/mol. The van der Waals surface area contributed by atoms with E-state index in [0.717, 1.165) is 37.1 Å². The lowest BCUT2D eigenvalue weighted by atomic mass is 9.93. The SMILES string of the molecule is Cc1nn(-c2ccccc2)cc1C(=O)N1CCC(CC(=O)NC2CC2)CC1. The molecule has 0 spiro atoms. The molecule has 1 aliphatic carbocycles. The molecule has 2 fully saturated rings. The smallest absolute Gasteiger partial charge is 0.257 e. The molecule has 2 heterocycles. The van der Waals surface area contributed by atoms with Gasteiger partial charge in [0.2, 0.25) is 5.91 Å². The Bertz CT molecular complexity index is 818. The van der Waals surface area contributed by atoms with E-state index in [1.807, 2.05) is 48.4 Å². The fourth-order valence-electron chi connectivity index (χ4n) is 3.67. The van der Waals surface area contributed by atoms with E-state index in [0.29, 0.717) is 37.0 Å². The normalized spacial score (nSPS) is 17.7. The lowest BCUT2D eigenvalue weighted by molar-refractivity contribution is -0.122. The molecule has 6 nitrogen and oxygen atoms in total. The first-order chi connectivity index (χ1) is 13.1. The van der Waals surface area contributed by atoms with Gasteiger partial charge in [0.25, 0.3) is 5.91 Å². The van der Waals surface area contributed by atoms with Gasteiger partial charge in [0.1, 0.15) is 0 Å². The molecule has 6 heteroatoms. The average molecular weight is 366 g/mol. The van der Waals surface area contributed by atoms with Crippen LogP contribution in [0.1, 0.15) is 48.2 Å². The molecule has 1 aliphatic heterocycles. The molecule has 0 unspecified atom stereocenters. The van der Waals surface area contributed by atoms with Crippen molar-refractivity contribution in [1.82, 2.24) is 20.0 Å². The number of piperidine rings is 1. The van der Waals surface area contributed by atoms with E-state index in [1.165, 1.54) is 0 Å². The lowest BCUT2D eigenvalue weighted by Gasteiger charge is -2.31. The minimum absolute atomic E-state index is 0.0376. The number of likely N-dealkylation sites (tertiary alicyclic amines) is 1. The van der Waals surface area contributed by atoms with Crippen LogP contribution in [0.5, 0.6) is 0 Å². The zero-order valence-electron chi connectivity index (χ0n) is 15.7. The Morgan fingerprint density at radius 1 is 1.11 bits per heavy atom. The molecule has 1 aromatic heterocycles. The molecule has 2 aromatic rings. The maximum Gasteiger partial charge on any atom is 0.257 e. The first kappa shape index (κ1) is 17.8. The summed E-state index contributed by atoms with van der Waals surface area (Å²) in [6.07, 6.45) is 6.42. The number of hydrogen-bond acceptors (Lipinski definition) is 3. The Morgan fingerprint density at radius 3 is 2.48 bits per heavy atom. The highest BCUT2D eigenvalue weighted by atomic mass is 16.2. The van der Waals surface area contributed by atoms with E-state index < -0.39 is 0 Å². The van der Waals surface area contributed by atoms with E-state index in [1.54, 1.807) is 4.68 Å². The Morgan fingerprint density at radius 2 is 1.81 bits per heavy atom. The van der Waals surface area contributed by atoms with Crippen LogP contribution in [0.25, 0.3) is 5.69 Å².